The molecule has 0 radical (unpaired) electrons. The van der Waals surface area contributed by atoms with E-state index < -0.39 is 6.09 Å². The molecule has 0 N–H and O–H groups in total. The van der Waals surface area contributed by atoms with Crippen molar-refractivity contribution in [3.05, 3.63) is 35.1 Å². The van der Waals surface area contributed by atoms with Crippen molar-refractivity contribution in [1.29, 1.82) is 0 Å². The minimum atomic E-state index is -0.410. The number of carbonyl (C=O) groups is 1. The Balaban J connectivity index is 0.000000956. The van der Waals surface area contributed by atoms with Crippen molar-refractivity contribution in [1.82, 2.24) is 4.90 Å². The summed E-state index contributed by atoms with van der Waals surface area (Å²) in [6.07, 6.45) is 0.0871. The average Bonchev–Trinajstić information content (AvgIpc) is 2.49. The highest BCUT2D eigenvalue weighted by Crippen LogP contribution is 2.31. The number of methoxy groups -OCH3 is 2. The summed E-state index contributed by atoms with van der Waals surface area (Å²) in [5, 5.41) is 0. The summed E-state index contributed by atoms with van der Waals surface area (Å²) in [5.41, 5.74) is 1.47. The first-order valence-electron chi connectivity index (χ1n) is 6.79. The minimum absolute atomic E-state index is 0.224. The normalized spacial score (nSPS) is 16.9. The van der Waals surface area contributed by atoms with Crippen LogP contribution < -0.4 is 0 Å². The number of nitrogens with zero attached hydrogens (tertiary/aromatic N) is 1. The Kier molecular flexibility index (Phi) is 6.45. The number of hydrogen-bond acceptors (Lipinski definition) is 3. The molecule has 2 rings (SSSR count). The van der Waals surface area contributed by atoms with Gasteiger partial charge < -0.3 is 9.47 Å². The zero-order chi connectivity index (χ0) is 15.1. The Morgan fingerprint density at radius 2 is 2.10 bits per heavy atom. The van der Waals surface area contributed by atoms with E-state index in [4.69, 9.17) is 9.47 Å². The van der Waals surface area contributed by atoms with Crippen LogP contribution in [0.25, 0.3) is 0 Å². The zero-order valence-electron chi connectivity index (χ0n) is 12.5. The third kappa shape index (κ3) is 3.28. The van der Waals surface area contributed by atoms with Crippen LogP contribution in [0.15, 0.2) is 18.2 Å². The van der Waals surface area contributed by atoms with Crippen LogP contribution in [0.3, 0.4) is 0 Å². The Morgan fingerprint density at radius 1 is 1.40 bits per heavy atom. The van der Waals surface area contributed by atoms with Gasteiger partial charge in [-0.1, -0.05) is 26.0 Å². The van der Waals surface area contributed by atoms with Crippen LogP contribution in [0.5, 0.6) is 0 Å². The molecule has 0 bridgehead atoms. The van der Waals surface area contributed by atoms with E-state index in [-0.39, 0.29) is 11.9 Å². The number of hydrogen-bond donors (Lipinski definition) is 0. The first-order valence-corrected chi connectivity index (χ1v) is 6.79. The van der Waals surface area contributed by atoms with Gasteiger partial charge in [-0.15, -0.1) is 0 Å². The van der Waals surface area contributed by atoms with E-state index in [0.717, 1.165) is 5.56 Å². The van der Waals surface area contributed by atoms with Crippen molar-refractivity contribution in [2.24, 2.45) is 0 Å². The molecule has 5 heteroatoms. The number of fused-ring (bicyclic) bond motifs is 1. The summed E-state index contributed by atoms with van der Waals surface area (Å²) in [4.78, 5) is 13.3. The second-order valence-corrected chi connectivity index (χ2v) is 4.19. The molecule has 1 aromatic carbocycles. The minimum Gasteiger partial charge on any atom is -0.453 e. The third-order valence-corrected chi connectivity index (χ3v) is 3.23. The van der Waals surface area contributed by atoms with Crippen LogP contribution in [0, 0.1) is 5.82 Å². The van der Waals surface area contributed by atoms with Gasteiger partial charge in [-0.2, -0.15) is 0 Å². The molecular weight excluding hydrogens is 261 g/mol. The number of rotatable bonds is 2. The second-order valence-electron chi connectivity index (χ2n) is 4.19. The molecule has 0 saturated heterocycles. The molecule has 0 aromatic heterocycles. The highest BCUT2D eigenvalue weighted by atomic mass is 19.1. The molecule has 1 aliphatic heterocycles. The molecule has 112 valence electrons. The van der Waals surface area contributed by atoms with Crippen molar-refractivity contribution >= 4 is 6.09 Å². The van der Waals surface area contributed by atoms with Crippen molar-refractivity contribution in [2.75, 3.05) is 27.4 Å². The Bertz CT molecular complexity index is 451. The van der Waals surface area contributed by atoms with Gasteiger partial charge >= 0.3 is 6.09 Å². The van der Waals surface area contributed by atoms with E-state index >= 15 is 0 Å². The van der Waals surface area contributed by atoms with E-state index in [9.17, 15) is 9.18 Å². The van der Waals surface area contributed by atoms with Crippen molar-refractivity contribution in [2.45, 2.75) is 26.3 Å². The Morgan fingerprint density at radius 3 is 2.70 bits per heavy atom. The van der Waals surface area contributed by atoms with Crippen LogP contribution in [0.4, 0.5) is 9.18 Å². The van der Waals surface area contributed by atoms with Gasteiger partial charge in [0.05, 0.1) is 19.8 Å². The van der Waals surface area contributed by atoms with Gasteiger partial charge in [0.15, 0.2) is 0 Å². The Labute approximate surface area is 119 Å². The SMILES string of the molecule is CC.COCC1c2cccc(F)c2CCN1C(=O)OC. The van der Waals surface area contributed by atoms with Crippen LogP contribution in [-0.4, -0.2) is 38.4 Å². The number of ether oxygens (including phenoxy) is 2. The third-order valence-electron chi connectivity index (χ3n) is 3.23. The van der Waals surface area contributed by atoms with E-state index in [1.165, 1.54) is 13.2 Å². The topological polar surface area (TPSA) is 38.8 Å². The van der Waals surface area contributed by atoms with E-state index in [2.05, 4.69) is 0 Å². The first-order chi connectivity index (χ1) is 9.69. The van der Waals surface area contributed by atoms with Gasteiger partial charge in [-0.25, -0.2) is 9.18 Å². The second kappa shape index (κ2) is 7.85. The lowest BCUT2D eigenvalue weighted by molar-refractivity contribution is 0.0638. The van der Waals surface area contributed by atoms with Crippen LogP contribution in [0.2, 0.25) is 0 Å². The fourth-order valence-corrected chi connectivity index (χ4v) is 2.38. The molecule has 0 fully saturated rings. The van der Waals surface area contributed by atoms with Crippen molar-refractivity contribution < 1.29 is 18.7 Å². The van der Waals surface area contributed by atoms with E-state index in [1.54, 1.807) is 18.1 Å². The maximum absolute atomic E-state index is 13.7. The molecule has 0 saturated carbocycles. The molecule has 1 atom stereocenters. The van der Waals surface area contributed by atoms with Gasteiger partial charge in [-0.3, -0.25) is 4.90 Å². The highest BCUT2D eigenvalue weighted by molar-refractivity contribution is 5.69. The quantitative estimate of drug-likeness (QED) is 0.837. The smallest absolute Gasteiger partial charge is 0.410 e. The van der Waals surface area contributed by atoms with Gasteiger partial charge in [0, 0.05) is 13.7 Å². The van der Waals surface area contributed by atoms with Crippen LogP contribution >= 0.6 is 0 Å². The molecule has 1 aromatic rings. The fourth-order valence-electron chi connectivity index (χ4n) is 2.38. The molecule has 4 nitrogen and oxygen atoms in total. The summed E-state index contributed by atoms with van der Waals surface area (Å²) in [6, 6.07) is 4.63. The molecule has 1 aliphatic rings. The van der Waals surface area contributed by atoms with E-state index in [1.807, 2.05) is 19.9 Å². The van der Waals surface area contributed by atoms with Gasteiger partial charge in [0.2, 0.25) is 0 Å². The summed E-state index contributed by atoms with van der Waals surface area (Å²) < 4.78 is 23.6. The molecule has 20 heavy (non-hydrogen) atoms. The molecular formula is C15H22FNO3. The molecule has 1 amide bonds. The largest absolute Gasteiger partial charge is 0.453 e. The maximum atomic E-state index is 13.7. The molecule has 0 spiro atoms. The Hall–Kier alpha value is -1.62. The molecule has 1 heterocycles. The predicted molar refractivity (Wildman–Crippen MR) is 75.2 cm³/mol. The van der Waals surface area contributed by atoms with Crippen molar-refractivity contribution in [3.8, 4) is 0 Å². The van der Waals surface area contributed by atoms with Crippen molar-refractivity contribution in [3.63, 3.8) is 0 Å². The lowest BCUT2D eigenvalue weighted by Crippen LogP contribution is -2.42. The summed E-state index contributed by atoms with van der Waals surface area (Å²) >= 11 is 0. The number of amides is 1. The highest BCUT2D eigenvalue weighted by Gasteiger charge is 2.32. The molecule has 0 aliphatic carbocycles. The standard InChI is InChI=1S/C13H16FNO3.C2H6/c1-17-8-12-10-4-3-5-11(14)9(10)6-7-15(12)13(16)18-2;1-2/h3-5,12H,6-8H2,1-2H3;1-2H3. The summed E-state index contributed by atoms with van der Waals surface area (Å²) in [6.45, 7) is 4.76. The maximum Gasteiger partial charge on any atom is 0.410 e. The van der Waals surface area contributed by atoms with Gasteiger partial charge in [-0.05, 0) is 23.6 Å². The zero-order valence-corrected chi connectivity index (χ0v) is 12.5. The number of benzene rings is 1. The lowest BCUT2D eigenvalue weighted by atomic mass is 9.93. The van der Waals surface area contributed by atoms with Gasteiger partial charge in [0.25, 0.3) is 0 Å². The number of carbonyl (C=O) groups excluding carboxylic acids is 1. The number of halogens is 1. The van der Waals surface area contributed by atoms with E-state index in [0.29, 0.717) is 25.1 Å². The molecule has 1 unspecified atom stereocenters. The lowest BCUT2D eigenvalue weighted by Gasteiger charge is -2.35. The fraction of sp³-hybridized carbons (Fsp3) is 0.533. The average molecular weight is 283 g/mol. The summed E-state index contributed by atoms with van der Waals surface area (Å²) in [5.74, 6) is -0.224. The summed E-state index contributed by atoms with van der Waals surface area (Å²) in [7, 11) is 2.90. The predicted octanol–water partition coefficient (Wildman–Crippen LogP) is 3.16. The first kappa shape index (κ1) is 16.4. The van der Waals surface area contributed by atoms with Crippen LogP contribution in [0.1, 0.15) is 31.0 Å². The van der Waals surface area contributed by atoms with Crippen LogP contribution in [-0.2, 0) is 15.9 Å². The monoisotopic (exact) mass is 283 g/mol. The van der Waals surface area contributed by atoms with Gasteiger partial charge in [0.1, 0.15) is 5.82 Å².